The van der Waals surface area contributed by atoms with Crippen LogP contribution in [0.4, 0.5) is 5.69 Å². The van der Waals surface area contributed by atoms with E-state index < -0.39 is 10.0 Å². The highest BCUT2D eigenvalue weighted by Crippen LogP contribution is 2.23. The normalized spacial score (nSPS) is 12.4. The van der Waals surface area contributed by atoms with Crippen LogP contribution in [0.25, 0.3) is 0 Å². The number of para-hydroxylation sites is 1. The van der Waals surface area contributed by atoms with E-state index in [0.717, 1.165) is 0 Å². The first-order valence-electron chi connectivity index (χ1n) is 5.64. The summed E-state index contributed by atoms with van der Waals surface area (Å²) in [5, 5.41) is 2.89. The molecule has 0 atom stereocenters. The summed E-state index contributed by atoms with van der Waals surface area (Å²) in [6.45, 7) is 4.41. The van der Waals surface area contributed by atoms with E-state index in [2.05, 4.69) is 10.0 Å². The SMILES string of the molecule is CNc1ccccc1S(=O)(=O)NCC(C)(C)SC. The van der Waals surface area contributed by atoms with Gasteiger partial charge < -0.3 is 5.32 Å². The van der Waals surface area contributed by atoms with Gasteiger partial charge in [0.25, 0.3) is 0 Å². The van der Waals surface area contributed by atoms with Gasteiger partial charge in [0.05, 0.1) is 5.69 Å². The van der Waals surface area contributed by atoms with Gasteiger partial charge in [-0.2, -0.15) is 11.8 Å². The summed E-state index contributed by atoms with van der Waals surface area (Å²) in [6.07, 6.45) is 1.97. The zero-order chi connectivity index (χ0) is 13.8. The van der Waals surface area contributed by atoms with Gasteiger partial charge in [-0.15, -0.1) is 0 Å². The highest BCUT2D eigenvalue weighted by Gasteiger charge is 2.22. The third-order valence-electron chi connectivity index (χ3n) is 2.69. The molecule has 1 aromatic carbocycles. The molecule has 2 N–H and O–H groups in total. The van der Waals surface area contributed by atoms with E-state index in [4.69, 9.17) is 0 Å². The molecule has 0 fully saturated rings. The number of hydrogen-bond acceptors (Lipinski definition) is 4. The molecule has 0 radical (unpaired) electrons. The Balaban J connectivity index is 2.94. The first-order chi connectivity index (χ1) is 8.32. The zero-order valence-corrected chi connectivity index (χ0v) is 12.8. The molecule has 0 bridgehead atoms. The van der Waals surface area contributed by atoms with Gasteiger partial charge in [0, 0.05) is 18.3 Å². The first-order valence-corrected chi connectivity index (χ1v) is 8.35. The number of thioether (sulfide) groups is 1. The molecule has 0 saturated carbocycles. The van der Waals surface area contributed by atoms with Crippen molar-refractivity contribution >= 4 is 27.5 Å². The van der Waals surface area contributed by atoms with Gasteiger partial charge in [-0.3, -0.25) is 0 Å². The van der Waals surface area contributed by atoms with Gasteiger partial charge in [-0.05, 0) is 32.2 Å². The van der Waals surface area contributed by atoms with Crippen LogP contribution < -0.4 is 10.0 Å². The van der Waals surface area contributed by atoms with E-state index in [1.807, 2.05) is 20.1 Å². The van der Waals surface area contributed by atoms with Gasteiger partial charge in [0.15, 0.2) is 0 Å². The Morgan fingerprint density at radius 2 is 1.89 bits per heavy atom. The van der Waals surface area contributed by atoms with Crippen LogP contribution >= 0.6 is 11.8 Å². The van der Waals surface area contributed by atoms with Gasteiger partial charge in [-0.25, -0.2) is 13.1 Å². The predicted octanol–water partition coefficient (Wildman–Crippen LogP) is 2.15. The van der Waals surface area contributed by atoms with E-state index >= 15 is 0 Å². The molecule has 0 amide bonds. The number of nitrogens with one attached hydrogen (secondary N) is 2. The van der Waals surface area contributed by atoms with Crippen LogP contribution in [0.3, 0.4) is 0 Å². The topological polar surface area (TPSA) is 58.2 Å². The standard InChI is InChI=1S/C12H20N2O2S2/c1-12(2,17-4)9-14-18(15,16)11-8-6-5-7-10(11)13-3/h5-8,13-14H,9H2,1-4H3. The molecule has 0 spiro atoms. The summed E-state index contributed by atoms with van der Waals surface area (Å²) < 4.78 is 27.0. The highest BCUT2D eigenvalue weighted by molar-refractivity contribution is 8.00. The van der Waals surface area contributed by atoms with Crippen LogP contribution in [0.15, 0.2) is 29.2 Å². The van der Waals surface area contributed by atoms with Crippen molar-refractivity contribution in [3.05, 3.63) is 24.3 Å². The molecule has 4 nitrogen and oxygen atoms in total. The Morgan fingerprint density at radius 1 is 1.28 bits per heavy atom. The van der Waals surface area contributed by atoms with E-state index in [1.54, 1.807) is 43.1 Å². The first kappa shape index (κ1) is 15.3. The molecule has 1 rings (SSSR count). The maximum Gasteiger partial charge on any atom is 0.242 e. The summed E-state index contributed by atoms with van der Waals surface area (Å²) in [6, 6.07) is 6.86. The lowest BCUT2D eigenvalue weighted by Crippen LogP contribution is -2.36. The summed E-state index contributed by atoms with van der Waals surface area (Å²) in [4.78, 5) is 0.282. The third-order valence-corrected chi connectivity index (χ3v) is 5.40. The molecular formula is C12H20N2O2S2. The summed E-state index contributed by atoms with van der Waals surface area (Å²) in [5.41, 5.74) is 0.604. The van der Waals surface area contributed by atoms with Crippen LogP contribution in [0.1, 0.15) is 13.8 Å². The summed E-state index contributed by atoms with van der Waals surface area (Å²) in [5.74, 6) is 0. The fourth-order valence-corrected chi connectivity index (χ4v) is 3.06. The molecule has 0 aliphatic rings. The van der Waals surface area contributed by atoms with Crippen molar-refractivity contribution in [1.82, 2.24) is 4.72 Å². The molecule has 102 valence electrons. The van der Waals surface area contributed by atoms with E-state index in [1.165, 1.54) is 0 Å². The second-order valence-corrected chi connectivity index (χ2v) is 7.78. The number of rotatable bonds is 6. The summed E-state index contributed by atoms with van der Waals surface area (Å²) >= 11 is 1.63. The average Bonchev–Trinajstić information content (AvgIpc) is 2.37. The van der Waals surface area contributed by atoms with E-state index in [9.17, 15) is 8.42 Å². The van der Waals surface area contributed by atoms with E-state index in [-0.39, 0.29) is 9.64 Å². The molecule has 0 aromatic heterocycles. The Labute approximate surface area is 114 Å². The average molecular weight is 288 g/mol. The largest absolute Gasteiger partial charge is 0.387 e. The monoisotopic (exact) mass is 288 g/mol. The van der Waals surface area contributed by atoms with Crippen molar-refractivity contribution in [3.63, 3.8) is 0 Å². The van der Waals surface area contributed by atoms with Gasteiger partial charge in [0.1, 0.15) is 4.90 Å². The second kappa shape index (κ2) is 5.95. The van der Waals surface area contributed by atoms with Crippen molar-refractivity contribution < 1.29 is 8.42 Å². The fourth-order valence-electron chi connectivity index (χ4n) is 1.33. The molecule has 0 saturated heterocycles. The number of sulfonamides is 1. The lowest BCUT2D eigenvalue weighted by atomic mass is 10.2. The number of anilines is 1. The van der Waals surface area contributed by atoms with Crippen LogP contribution in [0.2, 0.25) is 0 Å². The molecule has 0 aliphatic heterocycles. The minimum atomic E-state index is -3.47. The molecule has 18 heavy (non-hydrogen) atoms. The predicted molar refractivity (Wildman–Crippen MR) is 78.8 cm³/mol. The zero-order valence-electron chi connectivity index (χ0n) is 11.1. The Kier molecular flexibility index (Phi) is 5.07. The minimum Gasteiger partial charge on any atom is -0.387 e. The molecule has 0 unspecified atom stereocenters. The lowest BCUT2D eigenvalue weighted by molar-refractivity contribution is 0.571. The molecule has 0 heterocycles. The highest BCUT2D eigenvalue weighted by atomic mass is 32.2. The van der Waals surface area contributed by atoms with Crippen LogP contribution in [-0.4, -0.2) is 33.0 Å². The quantitative estimate of drug-likeness (QED) is 0.842. The Morgan fingerprint density at radius 3 is 2.44 bits per heavy atom. The van der Waals surface area contributed by atoms with Crippen molar-refractivity contribution in [2.45, 2.75) is 23.5 Å². The van der Waals surface area contributed by atoms with Gasteiger partial charge in [0.2, 0.25) is 10.0 Å². The van der Waals surface area contributed by atoms with Gasteiger partial charge >= 0.3 is 0 Å². The minimum absolute atomic E-state index is 0.123. The van der Waals surface area contributed by atoms with Gasteiger partial charge in [-0.1, -0.05) is 12.1 Å². The van der Waals surface area contributed by atoms with Crippen molar-refractivity contribution in [3.8, 4) is 0 Å². The smallest absolute Gasteiger partial charge is 0.242 e. The fraction of sp³-hybridized carbons (Fsp3) is 0.500. The second-order valence-electron chi connectivity index (χ2n) is 4.53. The third kappa shape index (κ3) is 3.90. The van der Waals surface area contributed by atoms with E-state index in [0.29, 0.717) is 12.2 Å². The van der Waals surface area contributed by atoms with Crippen LogP contribution in [0, 0.1) is 0 Å². The Hall–Kier alpha value is -0.720. The van der Waals surface area contributed by atoms with Crippen molar-refractivity contribution in [2.75, 3.05) is 25.2 Å². The molecular weight excluding hydrogens is 268 g/mol. The van der Waals surface area contributed by atoms with Crippen molar-refractivity contribution in [2.24, 2.45) is 0 Å². The molecule has 6 heteroatoms. The number of benzene rings is 1. The molecule has 0 aliphatic carbocycles. The Bertz CT molecular complexity index is 499. The maximum absolute atomic E-state index is 12.2. The lowest BCUT2D eigenvalue weighted by Gasteiger charge is -2.22. The summed E-state index contributed by atoms with van der Waals surface area (Å²) in [7, 11) is -1.76. The molecule has 1 aromatic rings. The van der Waals surface area contributed by atoms with Crippen LogP contribution in [0.5, 0.6) is 0 Å². The van der Waals surface area contributed by atoms with Crippen LogP contribution in [-0.2, 0) is 10.0 Å². The number of hydrogen-bond donors (Lipinski definition) is 2. The maximum atomic E-state index is 12.2. The van der Waals surface area contributed by atoms with Crippen molar-refractivity contribution in [1.29, 1.82) is 0 Å².